The number of aliphatic hydroxyl groups is 1. The number of nitrogens with zero attached hydrogens (tertiary/aromatic N) is 4. The van der Waals surface area contributed by atoms with E-state index in [-0.39, 0.29) is 36.3 Å². The molecule has 0 aromatic heterocycles. The molecule has 0 radical (unpaired) electrons. The van der Waals surface area contributed by atoms with Gasteiger partial charge < -0.3 is 19.8 Å². The van der Waals surface area contributed by atoms with Crippen molar-refractivity contribution in [2.24, 2.45) is 11.3 Å². The van der Waals surface area contributed by atoms with Crippen molar-refractivity contribution < 1.29 is 27.9 Å². The average molecular weight is 464 g/mol. The molecule has 1 spiro atoms. The minimum atomic E-state index is -4.61. The van der Waals surface area contributed by atoms with Crippen molar-refractivity contribution in [1.29, 1.82) is 5.26 Å². The van der Waals surface area contributed by atoms with E-state index in [0.717, 1.165) is 12.5 Å². The van der Waals surface area contributed by atoms with Crippen molar-refractivity contribution in [3.8, 4) is 6.07 Å². The van der Waals surface area contributed by atoms with Crippen molar-refractivity contribution in [1.82, 2.24) is 9.80 Å². The summed E-state index contributed by atoms with van der Waals surface area (Å²) in [5.74, 6) is -0.237. The topological polar surface area (TPSA) is 87.9 Å². The van der Waals surface area contributed by atoms with Crippen LogP contribution in [0.15, 0.2) is 18.2 Å². The van der Waals surface area contributed by atoms with Gasteiger partial charge in [-0.2, -0.15) is 18.4 Å². The number of hydrogen-bond donors (Lipinski definition) is 1. The number of halogens is 3. The van der Waals surface area contributed by atoms with E-state index in [2.05, 4.69) is 0 Å². The molecule has 3 heterocycles. The number of rotatable bonds is 4. The van der Waals surface area contributed by atoms with Crippen LogP contribution in [0.25, 0.3) is 0 Å². The molecule has 178 valence electrons. The number of amides is 2. The number of benzene rings is 1. The molecule has 3 aliphatic heterocycles. The predicted octanol–water partition coefficient (Wildman–Crippen LogP) is 2.24. The fourth-order valence-electron chi connectivity index (χ4n) is 5.45. The Morgan fingerprint density at radius 2 is 1.97 bits per heavy atom. The van der Waals surface area contributed by atoms with Crippen LogP contribution >= 0.6 is 0 Å². The molecule has 3 aliphatic rings. The first kappa shape index (κ1) is 23.4. The van der Waals surface area contributed by atoms with Crippen LogP contribution in [0.1, 0.15) is 36.8 Å². The average Bonchev–Trinajstić information content (AvgIpc) is 3.36. The summed E-state index contributed by atoms with van der Waals surface area (Å²) in [6.45, 7) is 2.47. The van der Waals surface area contributed by atoms with Gasteiger partial charge in [0, 0.05) is 57.4 Å². The molecule has 1 aromatic rings. The van der Waals surface area contributed by atoms with Gasteiger partial charge in [-0.25, -0.2) is 0 Å². The highest BCUT2D eigenvalue weighted by atomic mass is 19.4. The molecule has 33 heavy (non-hydrogen) atoms. The zero-order valence-electron chi connectivity index (χ0n) is 18.3. The summed E-state index contributed by atoms with van der Waals surface area (Å²) in [6.07, 6.45) is -2.12. The quantitative estimate of drug-likeness (QED) is 0.739. The third-order valence-electron chi connectivity index (χ3n) is 7.44. The first-order valence-corrected chi connectivity index (χ1v) is 11.2. The molecule has 0 saturated carbocycles. The predicted molar refractivity (Wildman–Crippen MR) is 113 cm³/mol. The summed E-state index contributed by atoms with van der Waals surface area (Å²) in [4.78, 5) is 29.8. The lowest BCUT2D eigenvalue weighted by atomic mass is 9.71. The van der Waals surface area contributed by atoms with Crippen molar-refractivity contribution in [3.05, 3.63) is 29.3 Å². The highest BCUT2D eigenvalue weighted by molar-refractivity contribution is 5.86. The smallest absolute Gasteiger partial charge is 0.396 e. The van der Waals surface area contributed by atoms with Crippen molar-refractivity contribution in [2.45, 2.75) is 31.9 Å². The molecular formula is C23H27F3N4O3. The summed E-state index contributed by atoms with van der Waals surface area (Å²) < 4.78 is 40.0. The van der Waals surface area contributed by atoms with E-state index in [9.17, 15) is 27.9 Å². The number of carbonyl (C=O) groups is 2. The third kappa shape index (κ3) is 4.51. The minimum absolute atomic E-state index is 0.00933. The molecule has 0 aliphatic carbocycles. The second-order valence-corrected chi connectivity index (χ2v) is 9.26. The lowest BCUT2D eigenvalue weighted by Crippen LogP contribution is -2.46. The Bertz CT molecular complexity index is 967. The van der Waals surface area contributed by atoms with Crippen molar-refractivity contribution in [2.75, 3.05) is 50.8 Å². The van der Waals surface area contributed by atoms with Crippen molar-refractivity contribution in [3.63, 3.8) is 0 Å². The molecule has 1 aromatic carbocycles. The summed E-state index contributed by atoms with van der Waals surface area (Å²) in [5, 5.41) is 19.0. The summed E-state index contributed by atoms with van der Waals surface area (Å²) in [5.41, 5.74) is -1.23. The highest BCUT2D eigenvalue weighted by Gasteiger charge is 2.49. The van der Waals surface area contributed by atoms with Gasteiger partial charge in [0.25, 0.3) is 0 Å². The van der Waals surface area contributed by atoms with Crippen LogP contribution in [0.2, 0.25) is 0 Å². The lowest BCUT2D eigenvalue weighted by Gasteiger charge is -2.43. The fourth-order valence-corrected chi connectivity index (χ4v) is 5.45. The Morgan fingerprint density at radius 3 is 2.55 bits per heavy atom. The fraction of sp³-hybridized carbons (Fsp3) is 0.609. The van der Waals surface area contributed by atoms with Crippen LogP contribution in [0.4, 0.5) is 18.9 Å². The number of hydrogen-bond acceptors (Lipinski definition) is 5. The van der Waals surface area contributed by atoms with E-state index >= 15 is 0 Å². The summed E-state index contributed by atoms with van der Waals surface area (Å²) >= 11 is 0. The van der Waals surface area contributed by atoms with Gasteiger partial charge in [-0.05, 0) is 42.9 Å². The second-order valence-electron chi connectivity index (χ2n) is 9.26. The zero-order chi connectivity index (χ0) is 23.8. The number of aliphatic hydroxyl groups excluding tert-OH is 1. The summed E-state index contributed by atoms with van der Waals surface area (Å²) in [7, 11) is 0. The van der Waals surface area contributed by atoms with Gasteiger partial charge in [-0.1, -0.05) is 0 Å². The number of alkyl halides is 3. The Labute approximate surface area is 190 Å². The summed E-state index contributed by atoms with van der Waals surface area (Å²) in [6, 6.07) is 5.36. The van der Waals surface area contributed by atoms with Crippen LogP contribution in [0, 0.1) is 22.7 Å². The largest absolute Gasteiger partial charge is 0.417 e. The molecule has 7 nitrogen and oxygen atoms in total. The van der Waals surface area contributed by atoms with E-state index in [0.29, 0.717) is 57.7 Å². The molecular weight excluding hydrogens is 437 g/mol. The van der Waals surface area contributed by atoms with Crippen LogP contribution in [-0.2, 0) is 15.8 Å². The number of piperidine rings is 1. The Balaban J connectivity index is 1.44. The molecule has 1 unspecified atom stereocenters. The SMILES string of the molecule is N#Cc1ccc(N2CCC3(CC2)CN(C(=O)CN2CCCC2=O)CC3CO)cc1C(F)(F)F. The van der Waals surface area contributed by atoms with Gasteiger partial charge in [0.05, 0.1) is 23.7 Å². The molecule has 10 heteroatoms. The third-order valence-corrected chi connectivity index (χ3v) is 7.44. The number of likely N-dealkylation sites (tertiary alicyclic amines) is 2. The molecule has 2 amide bonds. The van der Waals surface area contributed by atoms with E-state index in [1.807, 2.05) is 4.90 Å². The number of anilines is 1. The standard InChI is InChI=1S/C23H27F3N4O3/c24-23(25,26)19-10-18(4-3-16(19)11-27)28-8-5-22(6-9-28)15-30(12-17(22)14-31)21(33)13-29-7-1-2-20(29)32/h3-4,10,17,31H,1-2,5-9,12-15H2. The van der Waals surface area contributed by atoms with E-state index in [1.165, 1.54) is 12.1 Å². The Hall–Kier alpha value is -2.80. The van der Waals surface area contributed by atoms with Gasteiger partial charge in [0.1, 0.15) is 0 Å². The Kier molecular flexibility index (Phi) is 6.27. The zero-order valence-corrected chi connectivity index (χ0v) is 18.3. The Morgan fingerprint density at radius 1 is 1.24 bits per heavy atom. The maximum atomic E-state index is 13.3. The van der Waals surface area contributed by atoms with Gasteiger partial charge >= 0.3 is 6.18 Å². The molecule has 3 fully saturated rings. The maximum absolute atomic E-state index is 13.3. The highest BCUT2D eigenvalue weighted by Crippen LogP contribution is 2.45. The number of carbonyl (C=O) groups excluding carboxylic acids is 2. The van der Waals surface area contributed by atoms with Crippen molar-refractivity contribution >= 4 is 17.5 Å². The minimum Gasteiger partial charge on any atom is -0.396 e. The lowest BCUT2D eigenvalue weighted by molar-refractivity contribution is -0.138. The van der Waals surface area contributed by atoms with Gasteiger partial charge in [0.2, 0.25) is 11.8 Å². The van der Waals surface area contributed by atoms with E-state index in [1.54, 1.807) is 15.9 Å². The van der Waals surface area contributed by atoms with Gasteiger partial charge in [-0.15, -0.1) is 0 Å². The van der Waals surface area contributed by atoms with Crippen LogP contribution < -0.4 is 4.90 Å². The molecule has 1 N–H and O–H groups in total. The van der Waals surface area contributed by atoms with E-state index < -0.39 is 17.3 Å². The number of nitriles is 1. The normalized spacial score (nSPS) is 22.8. The molecule has 3 saturated heterocycles. The van der Waals surface area contributed by atoms with Gasteiger partial charge in [0.15, 0.2) is 0 Å². The van der Waals surface area contributed by atoms with Crippen LogP contribution in [0.5, 0.6) is 0 Å². The van der Waals surface area contributed by atoms with Gasteiger partial charge in [-0.3, -0.25) is 9.59 Å². The van der Waals surface area contributed by atoms with Crippen LogP contribution in [0.3, 0.4) is 0 Å². The first-order chi connectivity index (χ1) is 15.7. The van der Waals surface area contributed by atoms with Crippen LogP contribution in [-0.4, -0.2) is 72.6 Å². The first-order valence-electron chi connectivity index (χ1n) is 11.2. The van der Waals surface area contributed by atoms with E-state index in [4.69, 9.17) is 5.26 Å². The monoisotopic (exact) mass is 464 g/mol. The molecule has 4 rings (SSSR count). The molecule has 0 bridgehead atoms. The molecule has 1 atom stereocenters. The maximum Gasteiger partial charge on any atom is 0.417 e. The second kappa shape index (κ2) is 8.86.